The lowest BCUT2D eigenvalue weighted by Crippen LogP contribution is -2.37. The lowest BCUT2D eigenvalue weighted by atomic mass is 9.98. The number of likely N-dealkylation sites (N-methyl/N-ethyl adjacent to an activating group) is 1. The normalized spacial score (nSPS) is 14.5. The zero-order valence-corrected chi connectivity index (χ0v) is 14.7. The minimum absolute atomic E-state index is 0.0717. The largest absolute Gasteiger partial charge is 0.376 e. The number of rotatable bonds is 4. The first-order valence-electron chi connectivity index (χ1n) is 8.44. The highest BCUT2D eigenvalue weighted by atomic mass is 16.2. The van der Waals surface area contributed by atoms with E-state index in [2.05, 4.69) is 17.6 Å². The van der Waals surface area contributed by atoms with Gasteiger partial charge in [0.15, 0.2) is 0 Å². The Morgan fingerprint density at radius 2 is 1.70 bits per heavy atom. The van der Waals surface area contributed by atoms with E-state index in [1.807, 2.05) is 43.0 Å². The Labute approximate surface area is 139 Å². The van der Waals surface area contributed by atoms with Crippen molar-refractivity contribution in [1.29, 1.82) is 0 Å². The quantitative estimate of drug-likeness (QED) is 0.897. The monoisotopic (exact) mass is 319 g/mol. The second-order valence-corrected chi connectivity index (χ2v) is 5.58. The predicted molar refractivity (Wildman–Crippen MR) is 94.6 cm³/mol. The van der Waals surface area contributed by atoms with Crippen LogP contribution in [0.1, 0.15) is 44.0 Å². The molecular weight excluding hydrogens is 290 g/mol. The standard InChI is InChI=1S/C16H23N3O2.C2H6/c1-12-7-9-19(10-8-12)16(21)13-3-5-14(6-4-13)18-11-15(20)17-2;1-2/h3-6,12,18H,7-11H2,1-2H3,(H,17,20);1-2H3. The SMILES string of the molecule is CC.CNC(=O)CNc1ccc(C(=O)N2CCC(C)CC2)cc1. The summed E-state index contributed by atoms with van der Waals surface area (Å²) in [4.78, 5) is 25.5. The molecule has 2 rings (SSSR count). The Hall–Kier alpha value is -2.04. The summed E-state index contributed by atoms with van der Waals surface area (Å²) in [7, 11) is 1.60. The molecule has 0 spiro atoms. The molecule has 0 aliphatic carbocycles. The van der Waals surface area contributed by atoms with Crippen molar-refractivity contribution in [3.63, 3.8) is 0 Å². The number of nitrogens with zero attached hydrogens (tertiary/aromatic N) is 1. The van der Waals surface area contributed by atoms with E-state index in [4.69, 9.17) is 0 Å². The lowest BCUT2D eigenvalue weighted by Gasteiger charge is -2.30. The number of amides is 2. The van der Waals surface area contributed by atoms with Gasteiger partial charge in [0.25, 0.3) is 5.91 Å². The zero-order valence-electron chi connectivity index (χ0n) is 14.7. The molecule has 23 heavy (non-hydrogen) atoms. The molecule has 0 unspecified atom stereocenters. The molecule has 0 saturated carbocycles. The van der Waals surface area contributed by atoms with Crippen molar-refractivity contribution in [3.8, 4) is 0 Å². The smallest absolute Gasteiger partial charge is 0.253 e. The first kappa shape index (κ1) is 19.0. The van der Waals surface area contributed by atoms with Crippen molar-refractivity contribution < 1.29 is 9.59 Å². The zero-order chi connectivity index (χ0) is 17.2. The molecule has 1 aliphatic rings. The number of piperidine rings is 1. The predicted octanol–water partition coefficient (Wildman–Crippen LogP) is 2.74. The average molecular weight is 319 g/mol. The Bertz CT molecular complexity index is 491. The van der Waals surface area contributed by atoms with Crippen molar-refractivity contribution in [2.45, 2.75) is 33.6 Å². The van der Waals surface area contributed by atoms with Gasteiger partial charge >= 0.3 is 0 Å². The maximum atomic E-state index is 12.4. The summed E-state index contributed by atoms with van der Waals surface area (Å²) in [5.41, 5.74) is 1.54. The van der Waals surface area contributed by atoms with Gasteiger partial charge in [-0.15, -0.1) is 0 Å². The number of benzene rings is 1. The number of carbonyl (C=O) groups excluding carboxylic acids is 2. The van der Waals surface area contributed by atoms with Gasteiger partial charge in [-0.05, 0) is 43.0 Å². The molecule has 1 aromatic rings. The van der Waals surface area contributed by atoms with E-state index in [1.165, 1.54) is 0 Å². The number of carbonyl (C=O) groups is 2. The highest BCUT2D eigenvalue weighted by molar-refractivity contribution is 5.94. The molecular formula is C18H29N3O2. The molecule has 1 fully saturated rings. The molecule has 1 aliphatic heterocycles. The molecule has 2 amide bonds. The molecule has 1 aromatic carbocycles. The summed E-state index contributed by atoms with van der Waals surface area (Å²) >= 11 is 0. The molecule has 128 valence electrons. The van der Waals surface area contributed by atoms with Gasteiger partial charge in [0.05, 0.1) is 6.54 Å². The third-order valence-corrected chi connectivity index (χ3v) is 3.93. The van der Waals surface area contributed by atoms with Crippen molar-refractivity contribution in [3.05, 3.63) is 29.8 Å². The van der Waals surface area contributed by atoms with Gasteiger partial charge < -0.3 is 15.5 Å². The summed E-state index contributed by atoms with van der Waals surface area (Å²) in [6.07, 6.45) is 2.16. The van der Waals surface area contributed by atoms with Gasteiger partial charge in [0.1, 0.15) is 0 Å². The van der Waals surface area contributed by atoms with Crippen LogP contribution in [0, 0.1) is 5.92 Å². The Balaban J connectivity index is 0.00000127. The van der Waals surface area contributed by atoms with Crippen LogP contribution in [0.15, 0.2) is 24.3 Å². The van der Waals surface area contributed by atoms with E-state index in [-0.39, 0.29) is 18.4 Å². The summed E-state index contributed by atoms with van der Waals surface area (Å²) in [5.74, 6) is 0.739. The maximum Gasteiger partial charge on any atom is 0.253 e. The van der Waals surface area contributed by atoms with Crippen LogP contribution in [0.2, 0.25) is 0 Å². The number of hydrogen-bond acceptors (Lipinski definition) is 3. The summed E-state index contributed by atoms with van der Waals surface area (Å²) in [6, 6.07) is 7.30. The first-order chi connectivity index (χ1) is 11.1. The number of anilines is 1. The molecule has 0 radical (unpaired) electrons. The molecule has 5 heteroatoms. The van der Waals surface area contributed by atoms with Crippen LogP contribution < -0.4 is 10.6 Å². The van der Waals surface area contributed by atoms with E-state index >= 15 is 0 Å². The summed E-state index contributed by atoms with van der Waals surface area (Å²) in [5, 5.41) is 5.56. The van der Waals surface area contributed by atoms with Gasteiger partial charge in [0, 0.05) is 31.4 Å². The van der Waals surface area contributed by atoms with Gasteiger partial charge in [-0.25, -0.2) is 0 Å². The number of nitrogens with one attached hydrogen (secondary N) is 2. The summed E-state index contributed by atoms with van der Waals surface area (Å²) < 4.78 is 0. The van der Waals surface area contributed by atoms with Crippen LogP contribution in [0.25, 0.3) is 0 Å². The van der Waals surface area contributed by atoms with E-state index in [0.717, 1.165) is 31.6 Å². The molecule has 0 atom stereocenters. The second kappa shape index (κ2) is 9.87. The molecule has 5 nitrogen and oxygen atoms in total. The lowest BCUT2D eigenvalue weighted by molar-refractivity contribution is -0.118. The molecule has 1 saturated heterocycles. The van der Waals surface area contributed by atoms with Gasteiger partial charge in [-0.2, -0.15) is 0 Å². The van der Waals surface area contributed by atoms with Crippen LogP contribution in [-0.4, -0.2) is 43.4 Å². The maximum absolute atomic E-state index is 12.4. The molecule has 1 heterocycles. The van der Waals surface area contributed by atoms with Crippen molar-refractivity contribution >= 4 is 17.5 Å². The minimum atomic E-state index is -0.0717. The average Bonchev–Trinajstić information content (AvgIpc) is 2.62. The molecule has 2 N–H and O–H groups in total. The van der Waals surface area contributed by atoms with Crippen molar-refractivity contribution in [1.82, 2.24) is 10.2 Å². The highest BCUT2D eigenvalue weighted by Crippen LogP contribution is 2.19. The highest BCUT2D eigenvalue weighted by Gasteiger charge is 2.21. The van der Waals surface area contributed by atoms with Crippen LogP contribution >= 0.6 is 0 Å². The Morgan fingerprint density at radius 1 is 1.13 bits per heavy atom. The van der Waals surface area contributed by atoms with Crippen molar-refractivity contribution in [2.24, 2.45) is 5.92 Å². The van der Waals surface area contributed by atoms with E-state index < -0.39 is 0 Å². The third kappa shape index (κ3) is 5.93. The number of hydrogen-bond donors (Lipinski definition) is 2. The third-order valence-electron chi connectivity index (χ3n) is 3.93. The van der Waals surface area contributed by atoms with Crippen LogP contribution in [0.5, 0.6) is 0 Å². The molecule has 0 aromatic heterocycles. The Kier molecular flexibility index (Phi) is 8.16. The Morgan fingerprint density at radius 3 is 2.22 bits per heavy atom. The topological polar surface area (TPSA) is 61.4 Å². The van der Waals surface area contributed by atoms with Crippen LogP contribution in [0.4, 0.5) is 5.69 Å². The number of likely N-dealkylation sites (tertiary alicyclic amines) is 1. The fraction of sp³-hybridized carbons (Fsp3) is 0.556. The minimum Gasteiger partial charge on any atom is -0.376 e. The summed E-state index contributed by atoms with van der Waals surface area (Å²) in [6.45, 7) is 8.15. The van der Waals surface area contributed by atoms with E-state index in [1.54, 1.807) is 7.05 Å². The molecule has 0 bridgehead atoms. The van der Waals surface area contributed by atoms with Crippen LogP contribution in [0.3, 0.4) is 0 Å². The second-order valence-electron chi connectivity index (χ2n) is 5.58. The van der Waals surface area contributed by atoms with Gasteiger partial charge in [0.2, 0.25) is 5.91 Å². The first-order valence-corrected chi connectivity index (χ1v) is 8.44. The van der Waals surface area contributed by atoms with Gasteiger partial charge in [-0.3, -0.25) is 9.59 Å². The van der Waals surface area contributed by atoms with Crippen LogP contribution in [-0.2, 0) is 4.79 Å². The van der Waals surface area contributed by atoms with E-state index in [9.17, 15) is 9.59 Å². The van der Waals surface area contributed by atoms with Gasteiger partial charge in [-0.1, -0.05) is 20.8 Å². The van der Waals surface area contributed by atoms with E-state index in [0.29, 0.717) is 11.5 Å². The fourth-order valence-corrected chi connectivity index (χ4v) is 2.40. The fourth-order valence-electron chi connectivity index (χ4n) is 2.40. The van der Waals surface area contributed by atoms with Crippen molar-refractivity contribution in [2.75, 3.05) is 32.0 Å².